The lowest BCUT2D eigenvalue weighted by atomic mass is 9.89. The van der Waals surface area contributed by atoms with E-state index in [2.05, 4.69) is 19.2 Å². The van der Waals surface area contributed by atoms with Gasteiger partial charge in [-0.1, -0.05) is 38.1 Å². The van der Waals surface area contributed by atoms with Gasteiger partial charge >= 0.3 is 0 Å². The summed E-state index contributed by atoms with van der Waals surface area (Å²) in [4.78, 5) is 11.9. The van der Waals surface area contributed by atoms with E-state index in [4.69, 9.17) is 10.5 Å². The quantitative estimate of drug-likeness (QED) is 0.763. The molecule has 20 heavy (non-hydrogen) atoms. The molecule has 0 radical (unpaired) electrons. The Morgan fingerprint density at radius 2 is 1.85 bits per heavy atom. The first-order valence-electron chi connectivity index (χ1n) is 7.00. The maximum Gasteiger partial charge on any atom is 0.224 e. The summed E-state index contributed by atoms with van der Waals surface area (Å²) < 4.78 is 5.08. The van der Waals surface area contributed by atoms with Crippen molar-refractivity contribution >= 4 is 5.91 Å². The van der Waals surface area contributed by atoms with Crippen molar-refractivity contribution in [1.29, 1.82) is 0 Å². The van der Waals surface area contributed by atoms with Gasteiger partial charge in [-0.05, 0) is 23.0 Å². The molecule has 0 aliphatic rings. The van der Waals surface area contributed by atoms with Crippen molar-refractivity contribution in [3.05, 3.63) is 35.4 Å². The average molecular weight is 278 g/mol. The van der Waals surface area contributed by atoms with Crippen LogP contribution >= 0.6 is 0 Å². The molecule has 0 aliphatic carbocycles. The smallest absolute Gasteiger partial charge is 0.224 e. The minimum Gasteiger partial charge on any atom is -0.385 e. The molecular weight excluding hydrogens is 252 g/mol. The molecule has 0 bridgehead atoms. The molecule has 0 unspecified atom stereocenters. The molecule has 112 valence electrons. The fourth-order valence-electron chi connectivity index (χ4n) is 1.85. The topological polar surface area (TPSA) is 64.3 Å². The molecule has 0 aliphatic heterocycles. The Labute approximate surface area is 121 Å². The second kappa shape index (κ2) is 8.02. The lowest BCUT2D eigenvalue weighted by Gasteiger charge is -2.24. The molecule has 1 aromatic carbocycles. The maximum absolute atomic E-state index is 11.9. The van der Waals surface area contributed by atoms with Gasteiger partial charge in [-0.15, -0.1) is 0 Å². The van der Waals surface area contributed by atoms with Gasteiger partial charge in [0.2, 0.25) is 5.91 Å². The third kappa shape index (κ3) is 6.17. The number of nitrogens with two attached hydrogens (primary N) is 1. The lowest BCUT2D eigenvalue weighted by molar-refractivity contribution is -0.120. The van der Waals surface area contributed by atoms with Crippen LogP contribution in [0.3, 0.4) is 0 Å². The zero-order valence-electron chi connectivity index (χ0n) is 12.7. The van der Waals surface area contributed by atoms with Crippen molar-refractivity contribution in [2.24, 2.45) is 11.1 Å². The molecule has 0 saturated carbocycles. The highest BCUT2D eigenvalue weighted by Crippen LogP contribution is 2.18. The summed E-state index contributed by atoms with van der Waals surface area (Å²) >= 11 is 0. The van der Waals surface area contributed by atoms with Gasteiger partial charge in [0.15, 0.2) is 0 Å². The van der Waals surface area contributed by atoms with E-state index in [1.165, 1.54) is 0 Å². The number of amides is 1. The number of carbonyl (C=O) groups is 1. The Morgan fingerprint density at radius 1 is 1.25 bits per heavy atom. The van der Waals surface area contributed by atoms with Gasteiger partial charge in [0.05, 0.1) is 6.42 Å². The summed E-state index contributed by atoms with van der Waals surface area (Å²) in [7, 11) is 1.69. The fourth-order valence-corrected chi connectivity index (χ4v) is 1.85. The highest BCUT2D eigenvalue weighted by atomic mass is 16.5. The van der Waals surface area contributed by atoms with Gasteiger partial charge in [-0.25, -0.2) is 0 Å². The molecule has 0 fully saturated rings. The van der Waals surface area contributed by atoms with E-state index in [0.717, 1.165) is 17.5 Å². The predicted molar refractivity (Wildman–Crippen MR) is 81.3 cm³/mol. The van der Waals surface area contributed by atoms with Crippen molar-refractivity contribution in [3.8, 4) is 0 Å². The van der Waals surface area contributed by atoms with Crippen molar-refractivity contribution in [3.63, 3.8) is 0 Å². The molecule has 3 N–H and O–H groups in total. The SMILES string of the molecule is COCCC(C)(C)CNC(=O)Cc1ccc(CN)cc1. The predicted octanol–water partition coefficient (Wildman–Crippen LogP) is 1.87. The number of hydrogen-bond donors (Lipinski definition) is 2. The molecule has 1 aromatic rings. The molecule has 0 spiro atoms. The van der Waals surface area contributed by atoms with Crippen LogP contribution < -0.4 is 11.1 Å². The highest BCUT2D eigenvalue weighted by Gasteiger charge is 2.18. The van der Waals surface area contributed by atoms with Crippen molar-refractivity contribution in [2.45, 2.75) is 33.2 Å². The first-order valence-corrected chi connectivity index (χ1v) is 7.00. The molecule has 0 heterocycles. The Morgan fingerprint density at radius 3 is 2.40 bits per heavy atom. The maximum atomic E-state index is 11.9. The number of hydrogen-bond acceptors (Lipinski definition) is 3. The van der Waals surface area contributed by atoms with E-state index in [1.807, 2.05) is 24.3 Å². The van der Waals surface area contributed by atoms with Gasteiger partial charge in [-0.2, -0.15) is 0 Å². The van der Waals surface area contributed by atoms with Gasteiger partial charge < -0.3 is 15.8 Å². The molecular formula is C16H26N2O2. The molecule has 0 atom stereocenters. The van der Waals surface area contributed by atoms with Crippen LogP contribution in [0.15, 0.2) is 24.3 Å². The lowest BCUT2D eigenvalue weighted by Crippen LogP contribution is -2.35. The van der Waals surface area contributed by atoms with Crippen LogP contribution in [-0.2, 0) is 22.5 Å². The van der Waals surface area contributed by atoms with Gasteiger partial charge in [0.1, 0.15) is 0 Å². The Kier molecular flexibility index (Phi) is 6.68. The number of carbonyl (C=O) groups excluding carboxylic acids is 1. The van der Waals surface area contributed by atoms with Crippen LogP contribution in [0.5, 0.6) is 0 Å². The number of rotatable bonds is 8. The first-order chi connectivity index (χ1) is 9.46. The van der Waals surface area contributed by atoms with E-state index in [9.17, 15) is 4.79 Å². The summed E-state index contributed by atoms with van der Waals surface area (Å²) in [5.74, 6) is 0.0518. The number of nitrogens with one attached hydrogen (secondary N) is 1. The first kappa shape index (κ1) is 16.7. The third-order valence-electron chi connectivity index (χ3n) is 3.37. The minimum absolute atomic E-state index is 0.0507. The van der Waals surface area contributed by atoms with Crippen LogP contribution in [0.4, 0.5) is 0 Å². The van der Waals surface area contributed by atoms with E-state index in [-0.39, 0.29) is 11.3 Å². The van der Waals surface area contributed by atoms with E-state index >= 15 is 0 Å². The minimum atomic E-state index is 0.0507. The molecule has 1 amide bonds. The molecule has 4 nitrogen and oxygen atoms in total. The highest BCUT2D eigenvalue weighted by molar-refractivity contribution is 5.78. The van der Waals surface area contributed by atoms with Crippen LogP contribution in [-0.4, -0.2) is 26.2 Å². The largest absolute Gasteiger partial charge is 0.385 e. The van der Waals surface area contributed by atoms with Crippen LogP contribution in [0, 0.1) is 5.41 Å². The Bertz CT molecular complexity index is 413. The van der Waals surface area contributed by atoms with Crippen molar-refractivity contribution in [1.82, 2.24) is 5.32 Å². The normalized spacial score (nSPS) is 11.4. The van der Waals surface area contributed by atoms with E-state index in [1.54, 1.807) is 7.11 Å². The van der Waals surface area contributed by atoms with Crippen LogP contribution in [0.1, 0.15) is 31.4 Å². The zero-order valence-corrected chi connectivity index (χ0v) is 12.7. The standard InChI is InChI=1S/C16H26N2O2/c1-16(2,8-9-20-3)12-18-15(19)10-13-4-6-14(11-17)7-5-13/h4-7H,8-12,17H2,1-3H3,(H,18,19). The molecule has 0 aromatic heterocycles. The molecule has 4 heteroatoms. The summed E-state index contributed by atoms with van der Waals surface area (Å²) in [6.07, 6.45) is 1.33. The number of ether oxygens (including phenoxy) is 1. The van der Waals surface area contributed by atoms with Crippen LogP contribution in [0.2, 0.25) is 0 Å². The summed E-state index contributed by atoms with van der Waals surface area (Å²) in [6, 6.07) is 7.84. The van der Waals surface area contributed by atoms with Crippen molar-refractivity contribution < 1.29 is 9.53 Å². The molecule has 0 saturated heterocycles. The average Bonchev–Trinajstić information content (AvgIpc) is 2.44. The number of methoxy groups -OCH3 is 1. The van der Waals surface area contributed by atoms with E-state index in [0.29, 0.717) is 26.1 Å². The Balaban J connectivity index is 2.39. The van der Waals surface area contributed by atoms with Gasteiger partial charge in [0.25, 0.3) is 0 Å². The summed E-state index contributed by atoms with van der Waals surface area (Å²) in [6.45, 7) is 6.16. The second-order valence-electron chi connectivity index (χ2n) is 5.88. The van der Waals surface area contributed by atoms with E-state index < -0.39 is 0 Å². The molecule has 1 rings (SSSR count). The second-order valence-corrected chi connectivity index (χ2v) is 5.88. The third-order valence-corrected chi connectivity index (χ3v) is 3.37. The van der Waals surface area contributed by atoms with Crippen molar-refractivity contribution in [2.75, 3.05) is 20.3 Å². The van der Waals surface area contributed by atoms with Gasteiger partial charge in [-0.3, -0.25) is 4.79 Å². The fraction of sp³-hybridized carbons (Fsp3) is 0.562. The zero-order chi connectivity index (χ0) is 15.0. The monoisotopic (exact) mass is 278 g/mol. The summed E-state index contributed by atoms with van der Waals surface area (Å²) in [5, 5.41) is 2.99. The number of benzene rings is 1. The van der Waals surface area contributed by atoms with Gasteiger partial charge in [0, 0.05) is 26.8 Å². The van der Waals surface area contributed by atoms with Crippen LogP contribution in [0.25, 0.3) is 0 Å². The summed E-state index contributed by atoms with van der Waals surface area (Å²) in [5.41, 5.74) is 7.69. The Hall–Kier alpha value is -1.39.